The van der Waals surface area contributed by atoms with E-state index in [2.05, 4.69) is 48.5 Å². The van der Waals surface area contributed by atoms with Gasteiger partial charge in [0.1, 0.15) is 18.3 Å². The summed E-state index contributed by atoms with van der Waals surface area (Å²) in [6, 6.07) is 30.6. The lowest BCUT2D eigenvalue weighted by Gasteiger charge is -2.29. The van der Waals surface area contributed by atoms with Gasteiger partial charge in [-0.25, -0.2) is 0 Å². The Balaban J connectivity index is 1.39. The smallest absolute Gasteiger partial charge is 0.112 e. The summed E-state index contributed by atoms with van der Waals surface area (Å²) in [6.45, 7) is 5.46. The SMILES string of the molecule is C=C[C@@H]1ON[C@H]2[C@H](OCc3ccccc3)[C@@H](OCc3ccccc3)[C@H](OCc3ccccc3)[C@H]21. The zero-order valence-electron chi connectivity index (χ0n) is 19.2. The number of rotatable bonds is 10. The lowest BCUT2D eigenvalue weighted by Crippen LogP contribution is -2.42. The van der Waals surface area contributed by atoms with Crippen molar-refractivity contribution in [1.29, 1.82) is 0 Å². The van der Waals surface area contributed by atoms with E-state index in [1.54, 1.807) is 0 Å². The summed E-state index contributed by atoms with van der Waals surface area (Å²) < 4.78 is 19.6. The van der Waals surface area contributed by atoms with Crippen LogP contribution in [0.5, 0.6) is 0 Å². The Hall–Kier alpha value is -2.80. The second kappa shape index (κ2) is 11.1. The summed E-state index contributed by atoms with van der Waals surface area (Å²) in [6.07, 6.45) is 0.942. The van der Waals surface area contributed by atoms with Crippen LogP contribution < -0.4 is 5.48 Å². The third-order valence-electron chi connectivity index (χ3n) is 6.60. The molecule has 5 heteroatoms. The first-order valence-electron chi connectivity index (χ1n) is 11.8. The topological polar surface area (TPSA) is 49.0 Å². The Kier molecular flexibility index (Phi) is 7.49. The quantitative estimate of drug-likeness (QED) is 0.442. The zero-order chi connectivity index (χ0) is 23.2. The summed E-state index contributed by atoms with van der Waals surface area (Å²) in [4.78, 5) is 5.86. The number of hydroxylamine groups is 1. The maximum atomic E-state index is 6.55. The normalized spacial score (nSPS) is 28.0. The van der Waals surface area contributed by atoms with Gasteiger partial charge in [-0.05, 0) is 16.7 Å². The summed E-state index contributed by atoms with van der Waals surface area (Å²) >= 11 is 0. The molecule has 2 fully saturated rings. The lowest BCUT2D eigenvalue weighted by atomic mass is 9.96. The molecule has 5 nitrogen and oxygen atoms in total. The van der Waals surface area contributed by atoms with Crippen molar-refractivity contribution in [3.63, 3.8) is 0 Å². The van der Waals surface area contributed by atoms with Crippen LogP contribution in [0.1, 0.15) is 16.7 Å². The third kappa shape index (κ3) is 5.14. The molecule has 0 bridgehead atoms. The highest BCUT2D eigenvalue weighted by Gasteiger charge is 2.58. The monoisotopic (exact) mass is 457 g/mol. The van der Waals surface area contributed by atoms with E-state index in [9.17, 15) is 0 Å². The van der Waals surface area contributed by atoms with E-state index in [1.165, 1.54) is 0 Å². The Bertz CT molecular complexity index is 1030. The van der Waals surface area contributed by atoms with Gasteiger partial charge in [-0.2, -0.15) is 5.48 Å². The molecular formula is C29H31NO4. The Morgan fingerprint density at radius 3 is 1.56 bits per heavy atom. The minimum atomic E-state index is -0.263. The molecule has 0 amide bonds. The Morgan fingerprint density at radius 1 is 0.647 bits per heavy atom. The third-order valence-corrected chi connectivity index (χ3v) is 6.60. The number of hydrogen-bond acceptors (Lipinski definition) is 5. The first kappa shape index (κ1) is 23.0. The summed E-state index contributed by atoms with van der Waals surface area (Å²) in [5, 5.41) is 0. The second-order valence-electron chi connectivity index (χ2n) is 8.82. The fourth-order valence-corrected chi connectivity index (χ4v) is 4.91. The van der Waals surface area contributed by atoms with Crippen LogP contribution in [0.2, 0.25) is 0 Å². The van der Waals surface area contributed by atoms with Crippen molar-refractivity contribution in [3.05, 3.63) is 120 Å². The van der Waals surface area contributed by atoms with Gasteiger partial charge in [-0.15, -0.1) is 6.58 Å². The molecule has 1 aliphatic heterocycles. The molecule has 3 aromatic carbocycles. The molecule has 176 valence electrons. The average Bonchev–Trinajstić information content (AvgIpc) is 3.44. The molecule has 2 aliphatic rings. The molecule has 1 saturated carbocycles. The summed E-state index contributed by atoms with van der Waals surface area (Å²) in [5.74, 6) is 0.0303. The largest absolute Gasteiger partial charge is 0.370 e. The molecular weight excluding hydrogens is 426 g/mol. The first-order chi connectivity index (χ1) is 16.8. The molecule has 1 N–H and O–H groups in total. The summed E-state index contributed by atoms with van der Waals surface area (Å²) in [7, 11) is 0. The molecule has 0 radical (unpaired) electrons. The van der Waals surface area contributed by atoms with E-state index in [1.807, 2.05) is 60.7 Å². The van der Waals surface area contributed by atoms with Crippen molar-refractivity contribution in [2.45, 2.75) is 50.3 Å². The van der Waals surface area contributed by atoms with Gasteiger partial charge in [0, 0.05) is 5.92 Å². The first-order valence-corrected chi connectivity index (χ1v) is 11.8. The van der Waals surface area contributed by atoms with Crippen LogP contribution in [-0.2, 0) is 38.9 Å². The molecule has 0 unspecified atom stereocenters. The van der Waals surface area contributed by atoms with Gasteiger partial charge in [0.25, 0.3) is 0 Å². The minimum absolute atomic E-state index is 0.0303. The van der Waals surface area contributed by atoms with E-state index in [4.69, 9.17) is 19.0 Å². The van der Waals surface area contributed by atoms with E-state index < -0.39 is 0 Å². The van der Waals surface area contributed by atoms with E-state index in [0.717, 1.165) is 16.7 Å². The molecule has 1 saturated heterocycles. The van der Waals surface area contributed by atoms with Gasteiger partial charge in [-0.3, -0.25) is 4.84 Å². The molecule has 6 atom stereocenters. The Morgan fingerprint density at radius 2 is 1.09 bits per heavy atom. The van der Waals surface area contributed by atoms with Gasteiger partial charge in [0.2, 0.25) is 0 Å². The minimum Gasteiger partial charge on any atom is -0.370 e. The fourth-order valence-electron chi connectivity index (χ4n) is 4.91. The van der Waals surface area contributed by atoms with Crippen molar-refractivity contribution < 1.29 is 19.0 Å². The van der Waals surface area contributed by atoms with Crippen molar-refractivity contribution in [2.75, 3.05) is 0 Å². The number of fused-ring (bicyclic) bond motifs is 1. The molecule has 34 heavy (non-hydrogen) atoms. The fraction of sp³-hybridized carbons (Fsp3) is 0.310. The van der Waals surface area contributed by atoms with E-state index >= 15 is 0 Å². The lowest BCUT2D eigenvalue weighted by molar-refractivity contribution is -0.145. The average molecular weight is 458 g/mol. The predicted octanol–water partition coefficient (Wildman–Crippen LogP) is 4.83. The maximum Gasteiger partial charge on any atom is 0.112 e. The van der Waals surface area contributed by atoms with Gasteiger partial charge in [-0.1, -0.05) is 97.1 Å². The van der Waals surface area contributed by atoms with Gasteiger partial charge >= 0.3 is 0 Å². The van der Waals surface area contributed by atoms with E-state index in [-0.39, 0.29) is 36.4 Å². The van der Waals surface area contributed by atoms with Crippen molar-refractivity contribution >= 4 is 0 Å². The van der Waals surface area contributed by atoms with Crippen LogP contribution in [-0.4, -0.2) is 30.5 Å². The van der Waals surface area contributed by atoms with Crippen molar-refractivity contribution in [2.24, 2.45) is 5.92 Å². The highest BCUT2D eigenvalue weighted by Crippen LogP contribution is 2.41. The molecule has 3 aromatic rings. The van der Waals surface area contributed by atoms with Crippen molar-refractivity contribution in [1.82, 2.24) is 5.48 Å². The molecule has 1 aliphatic carbocycles. The number of ether oxygens (including phenoxy) is 3. The zero-order valence-corrected chi connectivity index (χ0v) is 19.2. The van der Waals surface area contributed by atoms with E-state index in [0.29, 0.717) is 19.8 Å². The highest BCUT2D eigenvalue weighted by atomic mass is 16.7. The maximum absolute atomic E-state index is 6.55. The van der Waals surface area contributed by atoms with Crippen molar-refractivity contribution in [3.8, 4) is 0 Å². The predicted molar refractivity (Wildman–Crippen MR) is 131 cm³/mol. The highest BCUT2D eigenvalue weighted by molar-refractivity contribution is 5.18. The van der Waals surface area contributed by atoms with Crippen LogP contribution in [0.15, 0.2) is 104 Å². The number of hydrogen-bond donors (Lipinski definition) is 1. The van der Waals surface area contributed by atoms with Crippen LogP contribution in [0, 0.1) is 5.92 Å². The molecule has 5 rings (SSSR count). The van der Waals surface area contributed by atoms with Crippen LogP contribution in [0.3, 0.4) is 0 Å². The molecule has 0 aromatic heterocycles. The van der Waals surface area contributed by atoms with Crippen LogP contribution >= 0.6 is 0 Å². The van der Waals surface area contributed by atoms with Gasteiger partial charge in [0.15, 0.2) is 0 Å². The number of nitrogens with one attached hydrogen (secondary N) is 1. The Labute approximate surface area is 201 Å². The summed E-state index contributed by atoms with van der Waals surface area (Å²) in [5.41, 5.74) is 6.57. The number of benzene rings is 3. The van der Waals surface area contributed by atoms with Gasteiger partial charge < -0.3 is 14.2 Å². The standard InChI is InChI=1S/C29H31NO4/c1-2-24-25-26(30-34-24)28(32-19-22-14-8-4-9-15-22)29(33-20-23-16-10-5-11-17-23)27(25)31-18-21-12-6-3-7-13-21/h2-17,24-30H,1,18-20H2/t24-,25-,26+,27+,28-,29-/m0/s1. The molecule has 0 spiro atoms. The van der Waals surface area contributed by atoms with Crippen LogP contribution in [0.25, 0.3) is 0 Å². The second-order valence-corrected chi connectivity index (χ2v) is 8.82. The van der Waals surface area contributed by atoms with Gasteiger partial charge in [0.05, 0.1) is 32.0 Å². The van der Waals surface area contributed by atoms with Crippen LogP contribution in [0.4, 0.5) is 0 Å². The molecule has 1 heterocycles.